The number of hydrogen-bond acceptors (Lipinski definition) is 7. The highest BCUT2D eigenvalue weighted by atomic mass is 16.6. The molecule has 2 bridgehead atoms. The van der Waals surface area contributed by atoms with Crippen LogP contribution in [0.15, 0.2) is 72.8 Å². The summed E-state index contributed by atoms with van der Waals surface area (Å²) < 4.78 is 5.14. The summed E-state index contributed by atoms with van der Waals surface area (Å²) in [5.74, 6) is -4.29. The van der Waals surface area contributed by atoms with Crippen LogP contribution in [0.4, 0.5) is 11.4 Å². The second-order valence-electron chi connectivity index (χ2n) is 9.95. The first-order chi connectivity index (χ1) is 18.8. The second kappa shape index (κ2) is 9.16. The molecule has 4 aliphatic rings. The van der Waals surface area contributed by atoms with E-state index in [0.29, 0.717) is 0 Å². The third-order valence-electron chi connectivity index (χ3n) is 7.90. The largest absolute Gasteiger partial charge is 0.454 e. The fourth-order valence-electron chi connectivity index (χ4n) is 6.34. The van der Waals surface area contributed by atoms with Crippen LogP contribution in [-0.4, -0.2) is 46.2 Å². The molecule has 3 aliphatic carbocycles. The predicted octanol–water partition coefficient (Wildman–Crippen LogP) is 3.36. The number of esters is 1. The van der Waals surface area contributed by atoms with E-state index >= 15 is 0 Å². The van der Waals surface area contributed by atoms with Crippen molar-refractivity contribution in [2.24, 2.45) is 11.8 Å². The van der Waals surface area contributed by atoms with E-state index in [9.17, 15) is 29.3 Å². The zero-order valence-corrected chi connectivity index (χ0v) is 20.8. The highest BCUT2D eigenvalue weighted by molar-refractivity contribution is 6.10. The summed E-state index contributed by atoms with van der Waals surface area (Å²) in [5.41, 5.74) is 4.07. The number of likely N-dealkylation sites (tertiary alicyclic amines) is 1. The number of nitrogens with zero attached hydrogens (tertiary/aromatic N) is 2. The summed E-state index contributed by atoms with van der Waals surface area (Å²) >= 11 is 0. The molecule has 3 aromatic carbocycles. The fourth-order valence-corrected chi connectivity index (χ4v) is 6.34. The van der Waals surface area contributed by atoms with Crippen molar-refractivity contribution in [1.29, 1.82) is 0 Å². The van der Waals surface area contributed by atoms with Gasteiger partial charge >= 0.3 is 5.97 Å². The second-order valence-corrected chi connectivity index (χ2v) is 9.95. The first-order valence-electron chi connectivity index (χ1n) is 12.5. The lowest BCUT2D eigenvalue weighted by molar-refractivity contribution is -0.384. The average molecular weight is 526 g/mol. The minimum Gasteiger partial charge on any atom is -0.454 e. The molecule has 0 saturated carbocycles. The third kappa shape index (κ3) is 3.79. The van der Waals surface area contributed by atoms with Gasteiger partial charge in [0, 0.05) is 29.7 Å². The fraction of sp³-hybridized carbons (Fsp3) is 0.241. The molecule has 1 fully saturated rings. The summed E-state index contributed by atoms with van der Waals surface area (Å²) in [4.78, 5) is 64.0. The number of anilines is 1. The van der Waals surface area contributed by atoms with E-state index in [1.165, 1.54) is 31.2 Å². The zero-order valence-electron chi connectivity index (χ0n) is 20.8. The van der Waals surface area contributed by atoms with Gasteiger partial charge in [0.25, 0.3) is 11.6 Å². The highest BCUT2D eigenvalue weighted by Crippen LogP contribution is 2.61. The van der Waals surface area contributed by atoms with Gasteiger partial charge in [0.05, 0.1) is 16.8 Å². The lowest BCUT2D eigenvalue weighted by Crippen LogP contribution is -2.45. The van der Waals surface area contributed by atoms with Crippen LogP contribution < -0.4 is 5.32 Å². The van der Waals surface area contributed by atoms with Crippen molar-refractivity contribution in [3.05, 3.63) is 105 Å². The highest BCUT2D eigenvalue weighted by Gasteiger charge is 2.62. The number of ether oxygens (including phenoxy) is 1. The van der Waals surface area contributed by atoms with Crippen molar-refractivity contribution in [3.8, 4) is 0 Å². The molecule has 3 aromatic rings. The maximum Gasteiger partial charge on any atom is 0.329 e. The van der Waals surface area contributed by atoms with Gasteiger partial charge in [-0.25, -0.2) is 4.79 Å². The first kappa shape index (κ1) is 24.5. The van der Waals surface area contributed by atoms with Crippen molar-refractivity contribution in [1.82, 2.24) is 4.90 Å². The molecule has 10 nitrogen and oxygen atoms in total. The van der Waals surface area contributed by atoms with E-state index in [1.807, 2.05) is 48.5 Å². The molecule has 0 aromatic heterocycles. The molecule has 1 N–H and O–H groups in total. The van der Waals surface area contributed by atoms with E-state index in [0.717, 1.165) is 27.2 Å². The Hall–Kier alpha value is -4.86. The normalized spacial score (nSPS) is 22.9. The van der Waals surface area contributed by atoms with Crippen molar-refractivity contribution in [2.75, 3.05) is 11.9 Å². The number of nitro benzene ring substituents is 1. The zero-order chi connectivity index (χ0) is 27.4. The maximum absolute atomic E-state index is 13.7. The van der Waals surface area contributed by atoms with Crippen LogP contribution in [-0.2, 0) is 23.9 Å². The van der Waals surface area contributed by atoms with Crippen molar-refractivity contribution in [2.45, 2.75) is 24.8 Å². The minimum atomic E-state index is -1.23. The topological polar surface area (TPSA) is 136 Å². The van der Waals surface area contributed by atoms with Gasteiger partial charge in [-0.05, 0) is 35.2 Å². The molecule has 0 spiro atoms. The molecule has 0 unspecified atom stereocenters. The lowest BCUT2D eigenvalue weighted by Gasteiger charge is -2.45. The van der Waals surface area contributed by atoms with Crippen molar-refractivity contribution >= 4 is 35.1 Å². The smallest absolute Gasteiger partial charge is 0.329 e. The van der Waals surface area contributed by atoms with Gasteiger partial charge in [-0.3, -0.25) is 29.4 Å². The Morgan fingerprint density at radius 3 is 1.90 bits per heavy atom. The summed E-state index contributed by atoms with van der Waals surface area (Å²) in [6.07, 6.45) is 0. The van der Waals surface area contributed by atoms with Crippen LogP contribution in [0.25, 0.3) is 0 Å². The predicted molar refractivity (Wildman–Crippen MR) is 138 cm³/mol. The Labute approximate surface area is 222 Å². The third-order valence-corrected chi connectivity index (χ3v) is 7.90. The van der Waals surface area contributed by atoms with Gasteiger partial charge in [0.15, 0.2) is 6.61 Å². The number of carbonyl (C=O) groups excluding carboxylic acids is 4. The molecule has 0 radical (unpaired) electrons. The Morgan fingerprint density at radius 1 is 0.897 bits per heavy atom. The van der Waals surface area contributed by atoms with Gasteiger partial charge in [0.2, 0.25) is 11.8 Å². The van der Waals surface area contributed by atoms with Gasteiger partial charge < -0.3 is 10.1 Å². The number of nitro groups is 1. The van der Waals surface area contributed by atoms with Gasteiger partial charge in [0.1, 0.15) is 6.04 Å². The molecule has 3 atom stereocenters. The number of amides is 3. The maximum atomic E-state index is 13.7. The van der Waals surface area contributed by atoms with Crippen LogP contribution in [0.3, 0.4) is 0 Å². The number of carbonyl (C=O) groups is 4. The van der Waals surface area contributed by atoms with Gasteiger partial charge in [-0.2, -0.15) is 0 Å². The summed E-state index contributed by atoms with van der Waals surface area (Å²) in [6.45, 7) is 0.729. The molecule has 39 heavy (non-hydrogen) atoms. The van der Waals surface area contributed by atoms with Crippen molar-refractivity contribution in [3.63, 3.8) is 0 Å². The average Bonchev–Trinajstić information content (AvgIpc) is 3.21. The van der Waals surface area contributed by atoms with E-state index < -0.39 is 53.1 Å². The van der Waals surface area contributed by atoms with E-state index in [2.05, 4.69) is 5.32 Å². The molecular weight excluding hydrogens is 502 g/mol. The van der Waals surface area contributed by atoms with Gasteiger partial charge in [-0.1, -0.05) is 54.6 Å². The van der Waals surface area contributed by atoms with E-state index in [1.54, 1.807) is 0 Å². The van der Waals surface area contributed by atoms with Crippen LogP contribution in [0.2, 0.25) is 0 Å². The molecule has 1 aliphatic heterocycles. The number of benzene rings is 3. The Kier molecular flexibility index (Phi) is 5.75. The van der Waals surface area contributed by atoms with Crippen LogP contribution in [0.5, 0.6) is 0 Å². The molecular formula is C29H23N3O7. The SMILES string of the molecule is C[C@@H](C(=O)OCC(=O)Nc1cccc([N+](=O)[O-])c1)N1C(=O)[C@@H]2C3c4ccccc4C(c4ccccc43)[C@@H]2C1=O. The number of nitrogens with one attached hydrogen (secondary N) is 1. The number of hydrogen-bond donors (Lipinski definition) is 1. The molecule has 7 rings (SSSR count). The standard InChI is InChI=1S/C29H23N3O7/c1-15(29(36)39-14-22(33)30-16-7-6-8-17(13-16)32(37)38)31-27(34)25-23-18-9-2-3-10-19(18)24(26(25)28(31)35)21-12-5-4-11-20(21)23/h2-13,15,23-26H,14H2,1H3,(H,30,33)/t15-,23?,24?,25-,26+/m0/s1. The summed E-state index contributed by atoms with van der Waals surface area (Å²) in [5, 5.41) is 13.4. The Morgan fingerprint density at radius 2 is 1.41 bits per heavy atom. The number of rotatable bonds is 6. The summed E-state index contributed by atoms with van der Waals surface area (Å²) in [7, 11) is 0. The monoisotopic (exact) mass is 525 g/mol. The Bertz CT molecular complexity index is 1450. The first-order valence-corrected chi connectivity index (χ1v) is 12.5. The molecule has 1 heterocycles. The van der Waals surface area contributed by atoms with Crippen LogP contribution in [0, 0.1) is 22.0 Å². The molecule has 196 valence electrons. The van der Waals surface area contributed by atoms with E-state index in [-0.39, 0.29) is 23.2 Å². The quantitative estimate of drug-likeness (QED) is 0.226. The minimum absolute atomic E-state index is 0.168. The van der Waals surface area contributed by atoms with Crippen molar-refractivity contribution < 1.29 is 28.8 Å². The summed E-state index contributed by atoms with van der Waals surface area (Å²) in [6, 6.07) is 19.8. The lowest BCUT2D eigenvalue weighted by atomic mass is 9.55. The molecule has 3 amide bonds. The van der Waals surface area contributed by atoms with Crippen LogP contribution in [0.1, 0.15) is 41.0 Å². The Balaban J connectivity index is 1.19. The van der Waals surface area contributed by atoms with Gasteiger partial charge in [-0.15, -0.1) is 0 Å². The van der Waals surface area contributed by atoms with Crippen LogP contribution >= 0.6 is 0 Å². The molecule has 1 saturated heterocycles. The van der Waals surface area contributed by atoms with E-state index in [4.69, 9.17) is 4.74 Å². The molecule has 10 heteroatoms. The number of non-ortho nitro benzene ring substituents is 1. The number of imide groups is 1.